The van der Waals surface area contributed by atoms with Gasteiger partial charge in [-0.05, 0) is 70.5 Å². The van der Waals surface area contributed by atoms with Crippen molar-refractivity contribution in [1.29, 1.82) is 0 Å². The molecule has 0 heterocycles. The Hall–Kier alpha value is -1.72. The number of rotatable bonds is 14. The Morgan fingerprint density at radius 2 is 1.44 bits per heavy atom. The molecule has 0 saturated heterocycles. The van der Waals surface area contributed by atoms with Crippen LogP contribution in [0.1, 0.15) is 41.0 Å². The number of halogens is 1. The van der Waals surface area contributed by atoms with Crippen LogP contribution in [0.3, 0.4) is 0 Å². The molecule has 0 aromatic heterocycles. The van der Waals surface area contributed by atoms with Crippen molar-refractivity contribution in [3.63, 3.8) is 0 Å². The monoisotopic (exact) mass is 598 g/mol. The van der Waals surface area contributed by atoms with E-state index in [2.05, 4.69) is 35.9 Å². The number of benzene rings is 2. The number of nitrogens with one attached hydrogen (secondary N) is 1. The van der Waals surface area contributed by atoms with Crippen LogP contribution in [0.2, 0.25) is 5.54 Å². The van der Waals surface area contributed by atoms with E-state index < -0.39 is 8.80 Å². The van der Waals surface area contributed by atoms with Gasteiger partial charge in [-0.3, -0.25) is 4.79 Å². The van der Waals surface area contributed by atoms with Gasteiger partial charge in [0.05, 0.1) is 0 Å². The predicted molar refractivity (Wildman–Crippen MR) is 153 cm³/mol. The van der Waals surface area contributed by atoms with Gasteiger partial charge >= 0.3 is 8.80 Å². The van der Waals surface area contributed by atoms with Crippen LogP contribution in [0.5, 0.6) is 0 Å². The van der Waals surface area contributed by atoms with Gasteiger partial charge in [-0.1, -0.05) is 31.7 Å². The van der Waals surface area contributed by atoms with Crippen LogP contribution in [0.4, 0.5) is 17.1 Å². The third-order valence-corrected chi connectivity index (χ3v) is 8.89. The summed E-state index contributed by atoms with van der Waals surface area (Å²) in [6.45, 7) is 16.0. The molecule has 1 atom stereocenters. The average Bonchev–Trinajstić information content (AvgIpc) is 2.81. The number of carbonyl (C=O) groups excluding carboxylic acids is 1. The summed E-state index contributed by atoms with van der Waals surface area (Å²) < 4.78 is 18.3. The molecular formula is C26H39IN2O4Si. The maximum absolute atomic E-state index is 11.9. The maximum Gasteiger partial charge on any atom is 0.503 e. The van der Waals surface area contributed by atoms with Gasteiger partial charge in [-0.25, -0.2) is 0 Å². The minimum atomic E-state index is -2.79. The molecule has 0 radical (unpaired) electrons. The third kappa shape index (κ3) is 8.49. The largest absolute Gasteiger partial charge is 0.503 e. The fourth-order valence-corrected chi connectivity index (χ4v) is 6.43. The highest BCUT2D eigenvalue weighted by atomic mass is 127. The summed E-state index contributed by atoms with van der Waals surface area (Å²) in [5, 5.41) is 2.86. The quantitative estimate of drug-likeness (QED) is 0.148. The lowest BCUT2D eigenvalue weighted by Gasteiger charge is -2.35. The summed E-state index contributed by atoms with van der Waals surface area (Å²) in [6.07, 6.45) is 0.843. The minimum Gasteiger partial charge on any atom is -0.374 e. The second-order valence-electron chi connectivity index (χ2n) is 7.86. The predicted octanol–water partition coefficient (Wildman–Crippen LogP) is 6.79. The number of nitrogens with zero attached hydrogens (tertiary/aromatic N) is 1. The van der Waals surface area contributed by atoms with Crippen molar-refractivity contribution >= 4 is 55.8 Å². The van der Waals surface area contributed by atoms with E-state index in [1.54, 1.807) is 6.92 Å². The highest BCUT2D eigenvalue weighted by Gasteiger charge is 2.46. The molecule has 6 nitrogen and oxygen atoms in total. The molecule has 0 aliphatic heterocycles. The molecule has 0 saturated carbocycles. The van der Waals surface area contributed by atoms with E-state index in [4.69, 9.17) is 13.3 Å². The van der Waals surface area contributed by atoms with Gasteiger partial charge in [-0.2, -0.15) is 0 Å². The third-order valence-electron chi connectivity index (χ3n) is 5.32. The average molecular weight is 599 g/mol. The number of amides is 1. The first-order valence-electron chi connectivity index (χ1n) is 11.7. The molecular weight excluding hydrogens is 559 g/mol. The first-order chi connectivity index (χ1) is 15.9. The smallest absolute Gasteiger partial charge is 0.374 e. The minimum absolute atomic E-state index is 0. The first-order valence-corrected chi connectivity index (χ1v) is 13.5. The number of anilines is 3. The van der Waals surface area contributed by atoms with Crippen LogP contribution < -0.4 is 10.2 Å². The second kappa shape index (κ2) is 15.3. The van der Waals surface area contributed by atoms with E-state index in [0.717, 1.165) is 30.0 Å². The fraction of sp³-hybridized carbons (Fsp3) is 0.423. The van der Waals surface area contributed by atoms with Gasteiger partial charge in [0.1, 0.15) is 0 Å². The van der Waals surface area contributed by atoms with Crippen molar-refractivity contribution in [2.75, 3.05) is 36.6 Å². The Bertz CT molecular complexity index is 863. The van der Waals surface area contributed by atoms with Crippen molar-refractivity contribution in [3.8, 4) is 0 Å². The number of para-hydroxylation sites is 1. The van der Waals surface area contributed by atoms with Gasteiger partial charge < -0.3 is 23.5 Å². The van der Waals surface area contributed by atoms with Crippen molar-refractivity contribution < 1.29 is 18.1 Å². The lowest BCUT2D eigenvalue weighted by Crippen LogP contribution is -2.50. The zero-order valence-electron chi connectivity index (χ0n) is 21.0. The van der Waals surface area contributed by atoms with Crippen molar-refractivity contribution in [2.24, 2.45) is 0 Å². The molecule has 0 spiro atoms. The Balaban J connectivity index is 0.00000578. The summed E-state index contributed by atoms with van der Waals surface area (Å²) in [5.74, 6) is -0.180. The summed E-state index contributed by atoms with van der Waals surface area (Å²) in [7, 11) is -2.79. The number of hydrogen-bond acceptors (Lipinski definition) is 5. The van der Waals surface area contributed by atoms with Gasteiger partial charge in [-0.15, -0.1) is 24.0 Å². The van der Waals surface area contributed by atoms with E-state index in [0.29, 0.717) is 25.4 Å². The van der Waals surface area contributed by atoms with Gasteiger partial charge in [0.15, 0.2) is 0 Å². The van der Waals surface area contributed by atoms with Crippen LogP contribution in [0, 0.1) is 0 Å². The van der Waals surface area contributed by atoms with E-state index in [9.17, 15) is 4.79 Å². The molecule has 8 heteroatoms. The maximum atomic E-state index is 11.9. The standard InChI is InChI=1S/C26H38N2O4Si.HI/c1-7-30-33(31-8-2,32-9-3)22(6)19-20-28(24-13-11-10-12-14-24)25-17-15-23(16-18-25)27-26(29)21(4)5;/h10-18,22H,4,7-9,19-20H2,1-3,5-6H3,(H,27,29);1H. The Labute approximate surface area is 223 Å². The van der Waals surface area contributed by atoms with Gasteiger partial charge in [0.2, 0.25) is 0 Å². The van der Waals surface area contributed by atoms with E-state index in [1.165, 1.54) is 0 Å². The molecule has 0 bridgehead atoms. The molecule has 34 heavy (non-hydrogen) atoms. The van der Waals surface area contributed by atoms with Crippen LogP contribution in [0.25, 0.3) is 0 Å². The Kier molecular flexibility index (Phi) is 13.6. The molecule has 1 unspecified atom stereocenters. The topological polar surface area (TPSA) is 60.0 Å². The van der Waals surface area contributed by atoms with Gasteiger partial charge in [0, 0.05) is 54.5 Å². The summed E-state index contributed by atoms with van der Waals surface area (Å²) in [6, 6.07) is 18.1. The number of hydrogen-bond donors (Lipinski definition) is 1. The zero-order chi connectivity index (χ0) is 24.3. The van der Waals surface area contributed by atoms with Crippen molar-refractivity contribution in [2.45, 2.75) is 46.6 Å². The van der Waals surface area contributed by atoms with Crippen LogP contribution in [-0.4, -0.2) is 41.1 Å². The molecule has 0 fully saturated rings. The first kappa shape index (κ1) is 30.3. The zero-order valence-corrected chi connectivity index (χ0v) is 24.3. The fourth-order valence-electron chi connectivity index (χ4n) is 3.63. The van der Waals surface area contributed by atoms with E-state index >= 15 is 0 Å². The molecule has 2 aromatic rings. The molecule has 0 aliphatic carbocycles. The molecule has 2 aromatic carbocycles. The molecule has 0 aliphatic rings. The highest BCUT2D eigenvalue weighted by Crippen LogP contribution is 2.32. The van der Waals surface area contributed by atoms with E-state index in [1.807, 2.05) is 63.2 Å². The lowest BCUT2D eigenvalue weighted by atomic mass is 10.2. The van der Waals surface area contributed by atoms with Crippen LogP contribution in [-0.2, 0) is 18.1 Å². The highest BCUT2D eigenvalue weighted by molar-refractivity contribution is 14.0. The Morgan fingerprint density at radius 3 is 1.91 bits per heavy atom. The summed E-state index contributed by atoms with van der Waals surface area (Å²) in [5.41, 5.74) is 3.49. The summed E-state index contributed by atoms with van der Waals surface area (Å²) in [4.78, 5) is 14.2. The second-order valence-corrected chi connectivity index (χ2v) is 10.9. The van der Waals surface area contributed by atoms with E-state index in [-0.39, 0.29) is 35.4 Å². The SMILES string of the molecule is C=C(C)C(=O)Nc1ccc(N(CCC(C)[Si](OCC)(OCC)OCC)c2ccccc2)cc1.I. The molecule has 188 valence electrons. The summed E-state index contributed by atoms with van der Waals surface area (Å²) >= 11 is 0. The normalized spacial score (nSPS) is 11.9. The van der Waals surface area contributed by atoms with Crippen molar-refractivity contribution in [3.05, 3.63) is 66.7 Å². The van der Waals surface area contributed by atoms with Crippen LogP contribution in [0.15, 0.2) is 66.7 Å². The lowest BCUT2D eigenvalue weighted by molar-refractivity contribution is -0.112. The molecule has 1 N–H and O–H groups in total. The number of carbonyl (C=O) groups is 1. The molecule has 1 amide bonds. The van der Waals surface area contributed by atoms with Gasteiger partial charge in [0.25, 0.3) is 5.91 Å². The van der Waals surface area contributed by atoms with Crippen molar-refractivity contribution in [1.82, 2.24) is 0 Å². The Morgan fingerprint density at radius 1 is 0.941 bits per heavy atom. The van der Waals surface area contributed by atoms with Crippen LogP contribution >= 0.6 is 24.0 Å². The molecule has 2 rings (SSSR count).